The summed E-state index contributed by atoms with van der Waals surface area (Å²) in [5.41, 5.74) is 4.28. The molecule has 4 aromatic rings. The maximum atomic E-state index is 12.9. The zero-order valence-electron chi connectivity index (χ0n) is 17.0. The molecule has 0 spiro atoms. The topological polar surface area (TPSA) is 72.6 Å². The lowest BCUT2D eigenvalue weighted by Crippen LogP contribution is -2.12. The van der Waals surface area contributed by atoms with Gasteiger partial charge in [-0.05, 0) is 59.0 Å². The number of ether oxygens (including phenoxy) is 3. The molecule has 0 atom stereocenters. The number of carbonyl (C=O) groups is 1. The van der Waals surface area contributed by atoms with Gasteiger partial charge in [-0.3, -0.25) is 4.79 Å². The molecule has 0 saturated carbocycles. The Kier molecular flexibility index (Phi) is 5.30. The van der Waals surface area contributed by atoms with E-state index in [0.29, 0.717) is 28.5 Å². The number of anilines is 1. The molecule has 6 heteroatoms. The minimum atomic E-state index is -0.271. The van der Waals surface area contributed by atoms with Crippen molar-refractivity contribution in [2.45, 2.75) is 0 Å². The predicted molar refractivity (Wildman–Crippen MR) is 118 cm³/mol. The van der Waals surface area contributed by atoms with Gasteiger partial charge in [0.25, 0.3) is 5.91 Å². The second-order valence-corrected chi connectivity index (χ2v) is 6.73. The van der Waals surface area contributed by atoms with Crippen molar-refractivity contribution in [3.63, 3.8) is 0 Å². The SMILES string of the molecule is COc1cc(C(=O)Nc2cccc(-c3ccc4[nH]ccc4c3)c2)cc(OC)c1OC. The van der Waals surface area contributed by atoms with Crippen LogP contribution in [-0.2, 0) is 0 Å². The number of hydrogen-bond acceptors (Lipinski definition) is 4. The number of aromatic nitrogens is 1. The highest BCUT2D eigenvalue weighted by Crippen LogP contribution is 2.38. The van der Waals surface area contributed by atoms with E-state index in [1.807, 2.05) is 42.6 Å². The molecule has 1 aromatic heterocycles. The first-order valence-corrected chi connectivity index (χ1v) is 9.42. The Balaban J connectivity index is 1.62. The van der Waals surface area contributed by atoms with Crippen LogP contribution in [0.1, 0.15) is 10.4 Å². The molecule has 30 heavy (non-hydrogen) atoms. The van der Waals surface area contributed by atoms with Gasteiger partial charge >= 0.3 is 0 Å². The van der Waals surface area contributed by atoms with Gasteiger partial charge in [0, 0.05) is 23.0 Å². The molecule has 1 heterocycles. The summed E-state index contributed by atoms with van der Waals surface area (Å²) in [4.78, 5) is 16.1. The van der Waals surface area contributed by atoms with E-state index < -0.39 is 0 Å². The van der Waals surface area contributed by atoms with Gasteiger partial charge in [-0.1, -0.05) is 18.2 Å². The molecular weight excluding hydrogens is 380 g/mol. The van der Waals surface area contributed by atoms with E-state index >= 15 is 0 Å². The van der Waals surface area contributed by atoms with Crippen LogP contribution >= 0.6 is 0 Å². The van der Waals surface area contributed by atoms with E-state index in [4.69, 9.17) is 14.2 Å². The van der Waals surface area contributed by atoms with Gasteiger partial charge < -0.3 is 24.5 Å². The number of benzene rings is 3. The van der Waals surface area contributed by atoms with Crippen molar-refractivity contribution in [1.29, 1.82) is 0 Å². The Labute approximate surface area is 174 Å². The number of rotatable bonds is 6. The molecule has 0 fully saturated rings. The van der Waals surface area contributed by atoms with Gasteiger partial charge in [0.05, 0.1) is 21.3 Å². The molecule has 0 aliphatic carbocycles. The smallest absolute Gasteiger partial charge is 0.255 e. The van der Waals surface area contributed by atoms with Crippen LogP contribution in [0.15, 0.2) is 66.9 Å². The maximum absolute atomic E-state index is 12.9. The molecule has 0 saturated heterocycles. The summed E-state index contributed by atoms with van der Waals surface area (Å²) in [5.74, 6) is 1.03. The number of amides is 1. The van der Waals surface area contributed by atoms with E-state index in [1.165, 1.54) is 21.3 Å². The van der Waals surface area contributed by atoms with Gasteiger partial charge in [0.2, 0.25) is 5.75 Å². The number of nitrogens with one attached hydrogen (secondary N) is 2. The lowest BCUT2D eigenvalue weighted by atomic mass is 10.0. The van der Waals surface area contributed by atoms with Crippen molar-refractivity contribution in [1.82, 2.24) is 4.98 Å². The number of carbonyl (C=O) groups excluding carboxylic acids is 1. The first-order chi connectivity index (χ1) is 14.6. The van der Waals surface area contributed by atoms with E-state index in [1.54, 1.807) is 12.1 Å². The maximum Gasteiger partial charge on any atom is 0.255 e. The molecular formula is C24H22N2O4. The number of fused-ring (bicyclic) bond motifs is 1. The Morgan fingerprint density at radius 2 is 1.57 bits per heavy atom. The first-order valence-electron chi connectivity index (χ1n) is 9.42. The molecule has 152 valence electrons. The van der Waals surface area contributed by atoms with Crippen molar-refractivity contribution < 1.29 is 19.0 Å². The lowest BCUT2D eigenvalue weighted by molar-refractivity contribution is 0.102. The molecule has 4 rings (SSSR count). The molecule has 0 unspecified atom stereocenters. The third kappa shape index (κ3) is 3.67. The lowest BCUT2D eigenvalue weighted by Gasteiger charge is -2.14. The summed E-state index contributed by atoms with van der Waals surface area (Å²) >= 11 is 0. The summed E-state index contributed by atoms with van der Waals surface area (Å²) in [6.07, 6.45) is 1.92. The van der Waals surface area contributed by atoms with Crippen LogP contribution in [0.5, 0.6) is 17.2 Å². The van der Waals surface area contributed by atoms with Crippen molar-refractivity contribution in [2.75, 3.05) is 26.6 Å². The summed E-state index contributed by atoms with van der Waals surface area (Å²) in [7, 11) is 4.56. The number of hydrogen-bond donors (Lipinski definition) is 2. The number of methoxy groups -OCH3 is 3. The number of H-pyrrole nitrogens is 1. The molecule has 3 aromatic carbocycles. The second kappa shape index (κ2) is 8.21. The monoisotopic (exact) mass is 402 g/mol. The summed E-state index contributed by atoms with van der Waals surface area (Å²) in [5, 5.41) is 4.08. The fourth-order valence-corrected chi connectivity index (χ4v) is 3.42. The van der Waals surface area contributed by atoms with Crippen molar-refractivity contribution >= 4 is 22.5 Å². The highest BCUT2D eigenvalue weighted by Gasteiger charge is 2.17. The van der Waals surface area contributed by atoms with Gasteiger partial charge in [-0.2, -0.15) is 0 Å². The summed E-state index contributed by atoms with van der Waals surface area (Å²) in [6, 6.07) is 19.2. The molecule has 6 nitrogen and oxygen atoms in total. The highest BCUT2D eigenvalue weighted by molar-refractivity contribution is 6.05. The van der Waals surface area contributed by atoms with Crippen molar-refractivity contribution in [3.05, 3.63) is 72.4 Å². The normalized spacial score (nSPS) is 10.6. The Morgan fingerprint density at radius 3 is 2.27 bits per heavy atom. The summed E-state index contributed by atoms with van der Waals surface area (Å²) in [6.45, 7) is 0. The van der Waals surface area contributed by atoms with Gasteiger partial charge in [0.15, 0.2) is 11.5 Å². The third-order valence-electron chi connectivity index (χ3n) is 4.93. The first kappa shape index (κ1) is 19.4. The van der Waals surface area contributed by atoms with Crippen LogP contribution in [0.3, 0.4) is 0 Å². The molecule has 2 N–H and O–H groups in total. The quantitative estimate of drug-likeness (QED) is 0.470. The highest BCUT2D eigenvalue weighted by atomic mass is 16.5. The zero-order valence-corrected chi connectivity index (χ0v) is 17.0. The number of aromatic amines is 1. The fraction of sp³-hybridized carbons (Fsp3) is 0.125. The van der Waals surface area contributed by atoms with Gasteiger partial charge in [0.1, 0.15) is 0 Å². The Hall–Kier alpha value is -3.93. The zero-order chi connectivity index (χ0) is 21.1. The average molecular weight is 402 g/mol. The van der Waals surface area contributed by atoms with Crippen LogP contribution < -0.4 is 19.5 Å². The van der Waals surface area contributed by atoms with Crippen LogP contribution in [0.4, 0.5) is 5.69 Å². The molecule has 0 aliphatic heterocycles. The van der Waals surface area contributed by atoms with Crippen LogP contribution in [0.25, 0.3) is 22.0 Å². The minimum Gasteiger partial charge on any atom is -0.493 e. The summed E-state index contributed by atoms with van der Waals surface area (Å²) < 4.78 is 16.0. The van der Waals surface area contributed by atoms with E-state index in [9.17, 15) is 4.79 Å². The van der Waals surface area contributed by atoms with E-state index in [2.05, 4.69) is 22.4 Å². The third-order valence-corrected chi connectivity index (χ3v) is 4.93. The van der Waals surface area contributed by atoms with Gasteiger partial charge in [-0.25, -0.2) is 0 Å². The minimum absolute atomic E-state index is 0.271. The molecule has 0 radical (unpaired) electrons. The Bertz CT molecular complexity index is 1190. The van der Waals surface area contributed by atoms with Gasteiger partial charge in [-0.15, -0.1) is 0 Å². The standard InChI is InChI=1S/C24H22N2O4/c1-28-21-13-18(14-22(29-2)23(21)30-3)24(27)26-19-6-4-5-15(12-19)16-7-8-20-17(11-16)9-10-25-20/h4-14,25H,1-3H3,(H,26,27). The van der Waals surface area contributed by atoms with E-state index in [-0.39, 0.29) is 5.91 Å². The average Bonchev–Trinajstić information content (AvgIpc) is 3.26. The molecule has 0 aliphatic rings. The Morgan fingerprint density at radius 1 is 0.833 bits per heavy atom. The predicted octanol–water partition coefficient (Wildman–Crippen LogP) is 5.11. The van der Waals surface area contributed by atoms with Crippen LogP contribution in [0.2, 0.25) is 0 Å². The van der Waals surface area contributed by atoms with Crippen LogP contribution in [-0.4, -0.2) is 32.2 Å². The largest absolute Gasteiger partial charge is 0.493 e. The second-order valence-electron chi connectivity index (χ2n) is 6.73. The van der Waals surface area contributed by atoms with E-state index in [0.717, 1.165) is 22.0 Å². The molecule has 1 amide bonds. The fourth-order valence-electron chi connectivity index (χ4n) is 3.42. The van der Waals surface area contributed by atoms with Crippen LogP contribution in [0, 0.1) is 0 Å². The molecule has 0 bridgehead atoms. The van der Waals surface area contributed by atoms with Crippen molar-refractivity contribution in [2.24, 2.45) is 0 Å². The van der Waals surface area contributed by atoms with Crippen molar-refractivity contribution in [3.8, 4) is 28.4 Å².